The number of benzene rings is 3. The molecule has 3 rings (SSSR count). The lowest BCUT2D eigenvalue weighted by Crippen LogP contribution is -1.90. The predicted molar refractivity (Wildman–Crippen MR) is 86.7 cm³/mol. The van der Waals surface area contributed by atoms with E-state index >= 15 is 0 Å². The second-order valence-corrected chi connectivity index (χ2v) is 5.07. The zero-order chi connectivity index (χ0) is 14.7. The summed E-state index contributed by atoms with van der Waals surface area (Å²) < 4.78 is 13.5. The molecule has 0 fully saturated rings. The highest BCUT2D eigenvalue weighted by Gasteiger charge is 2.10. The van der Waals surface area contributed by atoms with Crippen molar-refractivity contribution in [3.05, 3.63) is 84.2 Å². The maximum Gasteiger partial charge on any atom is 0.123 e. The van der Waals surface area contributed by atoms with Gasteiger partial charge in [-0.05, 0) is 46.4 Å². The smallest absolute Gasteiger partial charge is 0.123 e. The Kier molecular flexibility index (Phi) is 3.83. The number of rotatable bonds is 3. The third-order valence-corrected chi connectivity index (χ3v) is 3.75. The number of halogens is 1. The highest BCUT2D eigenvalue weighted by molar-refractivity contribution is 5.84. The molecule has 0 saturated heterocycles. The molecule has 0 aliphatic heterocycles. The monoisotopic (exact) mass is 276 g/mol. The highest BCUT2D eigenvalue weighted by atomic mass is 19.1. The van der Waals surface area contributed by atoms with Gasteiger partial charge in [0.1, 0.15) is 5.82 Å². The Morgan fingerprint density at radius 2 is 1.38 bits per heavy atom. The minimum absolute atomic E-state index is 0.203. The van der Waals surface area contributed by atoms with Gasteiger partial charge >= 0.3 is 0 Å². The van der Waals surface area contributed by atoms with Gasteiger partial charge in [-0.15, -0.1) is 0 Å². The zero-order valence-electron chi connectivity index (χ0n) is 12.0. The van der Waals surface area contributed by atoms with Crippen molar-refractivity contribution in [2.75, 3.05) is 0 Å². The molecule has 1 heteroatoms. The Balaban J connectivity index is 2.21. The van der Waals surface area contributed by atoms with Crippen molar-refractivity contribution in [3.8, 4) is 22.3 Å². The van der Waals surface area contributed by atoms with Gasteiger partial charge in [-0.25, -0.2) is 4.39 Å². The van der Waals surface area contributed by atoms with E-state index in [0.29, 0.717) is 0 Å². The summed E-state index contributed by atoms with van der Waals surface area (Å²) >= 11 is 0. The molecular formula is C20H17F. The number of hydrogen-bond donors (Lipinski definition) is 0. The normalized spacial score (nSPS) is 10.6. The van der Waals surface area contributed by atoms with Crippen LogP contribution in [0.4, 0.5) is 4.39 Å². The molecule has 0 atom stereocenters. The largest absolute Gasteiger partial charge is 0.207 e. The van der Waals surface area contributed by atoms with Crippen molar-refractivity contribution < 1.29 is 4.39 Å². The maximum absolute atomic E-state index is 13.5. The van der Waals surface area contributed by atoms with Crippen molar-refractivity contribution >= 4 is 0 Å². The van der Waals surface area contributed by atoms with Crippen molar-refractivity contribution in [1.29, 1.82) is 0 Å². The molecule has 0 nitrogen and oxygen atoms in total. The summed E-state index contributed by atoms with van der Waals surface area (Å²) in [5.74, 6) is -0.203. The van der Waals surface area contributed by atoms with Crippen LogP contribution < -0.4 is 0 Å². The summed E-state index contributed by atoms with van der Waals surface area (Å²) in [6.07, 6.45) is 0.980. The number of aryl methyl sites for hydroxylation is 1. The van der Waals surface area contributed by atoms with E-state index in [1.807, 2.05) is 18.2 Å². The Hall–Kier alpha value is -2.41. The highest BCUT2D eigenvalue weighted by Crippen LogP contribution is 2.34. The third-order valence-electron chi connectivity index (χ3n) is 3.75. The summed E-state index contributed by atoms with van der Waals surface area (Å²) in [4.78, 5) is 0. The molecule has 0 unspecified atom stereocenters. The second-order valence-electron chi connectivity index (χ2n) is 5.07. The lowest BCUT2D eigenvalue weighted by atomic mass is 9.91. The van der Waals surface area contributed by atoms with E-state index in [1.165, 1.54) is 17.2 Å². The van der Waals surface area contributed by atoms with Crippen molar-refractivity contribution in [1.82, 2.24) is 0 Å². The van der Waals surface area contributed by atoms with Crippen LogP contribution in [-0.2, 0) is 6.42 Å². The molecule has 21 heavy (non-hydrogen) atoms. The van der Waals surface area contributed by atoms with Crippen molar-refractivity contribution in [3.63, 3.8) is 0 Å². The van der Waals surface area contributed by atoms with E-state index in [4.69, 9.17) is 0 Å². The minimum Gasteiger partial charge on any atom is -0.207 e. The van der Waals surface area contributed by atoms with Gasteiger partial charge in [0.05, 0.1) is 0 Å². The summed E-state index contributed by atoms with van der Waals surface area (Å²) in [6, 6.07) is 23.4. The molecule has 0 amide bonds. The van der Waals surface area contributed by atoms with E-state index < -0.39 is 0 Å². The van der Waals surface area contributed by atoms with Crippen molar-refractivity contribution in [2.45, 2.75) is 13.3 Å². The first-order valence-corrected chi connectivity index (χ1v) is 7.23. The molecule has 3 aromatic rings. The van der Waals surface area contributed by atoms with Crippen LogP contribution in [0.1, 0.15) is 12.5 Å². The van der Waals surface area contributed by atoms with Crippen molar-refractivity contribution in [2.24, 2.45) is 0 Å². The van der Waals surface area contributed by atoms with Gasteiger partial charge in [0.15, 0.2) is 0 Å². The molecule has 0 heterocycles. The van der Waals surface area contributed by atoms with E-state index in [2.05, 4.69) is 43.3 Å². The predicted octanol–water partition coefficient (Wildman–Crippen LogP) is 5.72. The summed E-state index contributed by atoms with van der Waals surface area (Å²) in [6.45, 7) is 2.16. The average Bonchev–Trinajstić information content (AvgIpc) is 2.55. The van der Waals surface area contributed by atoms with Gasteiger partial charge in [0.25, 0.3) is 0 Å². The molecule has 0 radical (unpaired) electrons. The summed E-state index contributed by atoms with van der Waals surface area (Å²) in [7, 11) is 0. The van der Waals surface area contributed by atoms with E-state index in [1.54, 1.807) is 12.1 Å². The Labute approximate surface area is 124 Å². The van der Waals surface area contributed by atoms with Gasteiger partial charge in [-0.1, -0.05) is 67.6 Å². The third kappa shape index (κ3) is 2.73. The Morgan fingerprint density at radius 1 is 0.714 bits per heavy atom. The fourth-order valence-corrected chi connectivity index (χ4v) is 2.72. The topological polar surface area (TPSA) is 0 Å². The van der Waals surface area contributed by atoms with Gasteiger partial charge in [0, 0.05) is 0 Å². The molecule has 0 aliphatic carbocycles. The van der Waals surface area contributed by atoms with E-state index in [9.17, 15) is 4.39 Å². The fourth-order valence-electron chi connectivity index (χ4n) is 2.72. The lowest BCUT2D eigenvalue weighted by Gasteiger charge is -2.13. The Morgan fingerprint density at radius 3 is 2.10 bits per heavy atom. The van der Waals surface area contributed by atoms with Gasteiger partial charge in [-0.2, -0.15) is 0 Å². The molecule has 3 aromatic carbocycles. The molecule has 0 saturated carbocycles. The minimum atomic E-state index is -0.203. The first-order valence-electron chi connectivity index (χ1n) is 7.23. The quantitative estimate of drug-likeness (QED) is 0.573. The van der Waals surface area contributed by atoms with Crippen LogP contribution in [0.3, 0.4) is 0 Å². The average molecular weight is 276 g/mol. The molecule has 0 aromatic heterocycles. The SMILES string of the molecule is CCc1ccccc1-c1ccccc1-c1cccc(F)c1. The zero-order valence-corrected chi connectivity index (χ0v) is 12.0. The van der Waals surface area contributed by atoms with Crippen LogP contribution in [-0.4, -0.2) is 0 Å². The van der Waals surface area contributed by atoms with Crippen LogP contribution in [0.25, 0.3) is 22.3 Å². The van der Waals surface area contributed by atoms with Crippen LogP contribution in [0.5, 0.6) is 0 Å². The van der Waals surface area contributed by atoms with Gasteiger partial charge in [0.2, 0.25) is 0 Å². The molecule has 0 aliphatic rings. The Bertz CT molecular complexity index is 759. The van der Waals surface area contributed by atoms with E-state index in [-0.39, 0.29) is 5.82 Å². The molecular weight excluding hydrogens is 259 g/mol. The van der Waals surface area contributed by atoms with Crippen LogP contribution in [0.2, 0.25) is 0 Å². The summed E-state index contributed by atoms with van der Waals surface area (Å²) in [5, 5.41) is 0. The maximum atomic E-state index is 13.5. The van der Waals surface area contributed by atoms with Gasteiger partial charge in [-0.3, -0.25) is 0 Å². The second kappa shape index (κ2) is 5.92. The standard InChI is InChI=1S/C20H17F/c1-2-15-8-3-4-11-18(15)20-13-6-5-12-19(20)16-9-7-10-17(21)14-16/h3-14H,2H2,1H3. The van der Waals surface area contributed by atoms with Gasteiger partial charge < -0.3 is 0 Å². The molecule has 0 bridgehead atoms. The number of hydrogen-bond acceptors (Lipinski definition) is 0. The van der Waals surface area contributed by atoms with Crippen LogP contribution in [0, 0.1) is 5.82 Å². The molecule has 0 N–H and O–H groups in total. The van der Waals surface area contributed by atoms with E-state index in [0.717, 1.165) is 23.1 Å². The first kappa shape index (κ1) is 13.6. The lowest BCUT2D eigenvalue weighted by molar-refractivity contribution is 0.628. The van der Waals surface area contributed by atoms with Crippen LogP contribution >= 0.6 is 0 Å². The molecule has 104 valence electrons. The van der Waals surface area contributed by atoms with Crippen LogP contribution in [0.15, 0.2) is 72.8 Å². The fraction of sp³-hybridized carbons (Fsp3) is 0.100. The molecule has 0 spiro atoms. The first-order chi connectivity index (χ1) is 10.3. The summed E-state index contributed by atoms with van der Waals surface area (Å²) in [5.41, 5.74) is 5.66.